The Balaban J connectivity index is 1.47. The fraction of sp³-hybridized carbons (Fsp3) is 0.500. The number of likely N-dealkylation sites (tertiary alicyclic amines) is 1. The molecule has 0 unspecified atom stereocenters. The van der Waals surface area contributed by atoms with Crippen LogP contribution in [0.1, 0.15) is 29.7 Å². The maximum atomic E-state index is 13.8. The van der Waals surface area contributed by atoms with Gasteiger partial charge in [-0.05, 0) is 25.1 Å². The van der Waals surface area contributed by atoms with Gasteiger partial charge >= 0.3 is 0 Å². The van der Waals surface area contributed by atoms with Crippen molar-refractivity contribution in [3.05, 3.63) is 47.3 Å². The molecular weight excluding hydrogens is 337 g/mol. The van der Waals surface area contributed by atoms with Gasteiger partial charge in [0, 0.05) is 19.6 Å². The van der Waals surface area contributed by atoms with Gasteiger partial charge in [0.05, 0.1) is 25.1 Å². The number of nitrogens with zero attached hydrogens (tertiary/aromatic N) is 5. The predicted octanol–water partition coefficient (Wildman–Crippen LogP) is 0.740. The molecule has 7 nitrogen and oxygen atoms in total. The van der Waals surface area contributed by atoms with Gasteiger partial charge in [-0.2, -0.15) is 0 Å². The van der Waals surface area contributed by atoms with Crippen molar-refractivity contribution in [2.45, 2.75) is 38.1 Å². The van der Waals surface area contributed by atoms with Crippen molar-refractivity contribution >= 4 is 5.91 Å². The van der Waals surface area contributed by atoms with E-state index in [1.54, 1.807) is 23.1 Å². The van der Waals surface area contributed by atoms with Gasteiger partial charge in [-0.1, -0.05) is 18.2 Å². The molecule has 0 bridgehead atoms. The number of fused-ring (bicyclic) bond motifs is 1. The van der Waals surface area contributed by atoms with E-state index >= 15 is 0 Å². The number of carbonyl (C=O) groups is 1. The molecule has 26 heavy (non-hydrogen) atoms. The monoisotopic (exact) mass is 359 g/mol. The fourth-order valence-electron chi connectivity index (χ4n) is 3.83. The third kappa shape index (κ3) is 3.10. The Morgan fingerprint density at radius 3 is 2.85 bits per heavy atom. The third-order valence-electron chi connectivity index (χ3n) is 5.26. The van der Waals surface area contributed by atoms with E-state index in [2.05, 4.69) is 15.1 Å². The number of aromatic nitrogens is 3. The number of rotatable bonds is 3. The first-order valence-electron chi connectivity index (χ1n) is 8.84. The predicted molar refractivity (Wildman–Crippen MR) is 91.5 cm³/mol. The Morgan fingerprint density at radius 1 is 1.31 bits per heavy atom. The molecule has 138 valence electrons. The highest BCUT2D eigenvalue weighted by molar-refractivity contribution is 5.78. The van der Waals surface area contributed by atoms with Crippen LogP contribution in [0.2, 0.25) is 0 Å². The topological polar surface area (TPSA) is 74.5 Å². The minimum Gasteiger partial charge on any atom is -0.392 e. The summed E-state index contributed by atoms with van der Waals surface area (Å²) in [6, 6.07) is 6.40. The Kier molecular flexibility index (Phi) is 4.46. The smallest absolute Gasteiger partial charge is 0.227 e. The number of likely N-dealkylation sites (N-methyl/N-ethyl adjacent to an activating group) is 1. The molecule has 1 saturated heterocycles. The zero-order chi connectivity index (χ0) is 18.3. The molecule has 1 N–H and O–H groups in total. The summed E-state index contributed by atoms with van der Waals surface area (Å²) in [5, 5.41) is 18.4. The lowest BCUT2D eigenvalue weighted by Crippen LogP contribution is -2.40. The maximum Gasteiger partial charge on any atom is 0.227 e. The summed E-state index contributed by atoms with van der Waals surface area (Å²) in [5.41, 5.74) is 0.409. The number of aliphatic hydroxyl groups excluding tert-OH is 1. The van der Waals surface area contributed by atoms with E-state index in [1.807, 2.05) is 11.6 Å². The van der Waals surface area contributed by atoms with Gasteiger partial charge in [-0.15, -0.1) is 10.2 Å². The lowest BCUT2D eigenvalue weighted by atomic mass is 10.1. The number of hydrogen-bond donors (Lipinski definition) is 1. The van der Waals surface area contributed by atoms with Gasteiger partial charge in [-0.3, -0.25) is 9.69 Å². The van der Waals surface area contributed by atoms with Crippen LogP contribution in [0.5, 0.6) is 0 Å². The molecule has 0 spiro atoms. The first-order chi connectivity index (χ1) is 12.5. The highest BCUT2D eigenvalue weighted by Crippen LogP contribution is 2.30. The Morgan fingerprint density at radius 2 is 2.12 bits per heavy atom. The second-order valence-corrected chi connectivity index (χ2v) is 7.05. The van der Waals surface area contributed by atoms with E-state index in [4.69, 9.17) is 0 Å². The number of β-amino-alcohol motifs (C(OH)–C–C–N with tert-alkyl or cyclic N) is 1. The summed E-state index contributed by atoms with van der Waals surface area (Å²) in [5.74, 6) is 1.12. The number of amides is 1. The summed E-state index contributed by atoms with van der Waals surface area (Å²) in [4.78, 5) is 16.3. The quantitative estimate of drug-likeness (QED) is 0.875. The van der Waals surface area contributed by atoms with Crippen molar-refractivity contribution in [1.82, 2.24) is 24.6 Å². The van der Waals surface area contributed by atoms with Gasteiger partial charge in [0.25, 0.3) is 0 Å². The lowest BCUT2D eigenvalue weighted by Gasteiger charge is -2.29. The summed E-state index contributed by atoms with van der Waals surface area (Å²) in [6.07, 6.45) is 0.343. The fourth-order valence-corrected chi connectivity index (χ4v) is 3.83. The van der Waals surface area contributed by atoms with E-state index in [0.717, 1.165) is 11.6 Å². The third-order valence-corrected chi connectivity index (χ3v) is 5.26. The minimum absolute atomic E-state index is 0.0468. The van der Waals surface area contributed by atoms with Crippen LogP contribution < -0.4 is 0 Å². The maximum absolute atomic E-state index is 13.8. The van der Waals surface area contributed by atoms with Gasteiger partial charge in [0.1, 0.15) is 5.82 Å². The number of benzene rings is 1. The van der Waals surface area contributed by atoms with Crippen LogP contribution >= 0.6 is 0 Å². The van der Waals surface area contributed by atoms with E-state index in [9.17, 15) is 14.3 Å². The minimum atomic E-state index is -0.355. The van der Waals surface area contributed by atoms with Crippen molar-refractivity contribution in [2.24, 2.45) is 0 Å². The number of aliphatic hydroxyl groups is 1. The second-order valence-electron chi connectivity index (χ2n) is 7.05. The van der Waals surface area contributed by atoms with E-state index in [0.29, 0.717) is 38.2 Å². The van der Waals surface area contributed by atoms with E-state index < -0.39 is 0 Å². The first-order valence-corrected chi connectivity index (χ1v) is 8.84. The van der Waals surface area contributed by atoms with Crippen molar-refractivity contribution in [1.29, 1.82) is 0 Å². The molecule has 1 aromatic heterocycles. The number of halogens is 1. The average Bonchev–Trinajstić information content (AvgIpc) is 3.18. The summed E-state index contributed by atoms with van der Waals surface area (Å²) in [6.45, 7) is 2.16. The second kappa shape index (κ2) is 6.77. The summed E-state index contributed by atoms with van der Waals surface area (Å²) in [7, 11) is 1.97. The Hall–Kier alpha value is -2.32. The van der Waals surface area contributed by atoms with Crippen LogP contribution in [-0.4, -0.2) is 61.8 Å². The molecule has 2 atom stereocenters. The van der Waals surface area contributed by atoms with Crippen LogP contribution in [0.4, 0.5) is 4.39 Å². The molecule has 3 heterocycles. The van der Waals surface area contributed by atoms with Crippen molar-refractivity contribution < 1.29 is 14.3 Å². The average molecular weight is 359 g/mol. The SMILES string of the molecule is CN1C[C@H](O)C[C@H]1c1nnc2n1CCN(C(=O)Cc1ccccc1F)C2. The van der Waals surface area contributed by atoms with Crippen LogP contribution in [0, 0.1) is 5.82 Å². The Bertz CT molecular complexity index is 824. The standard InChI is InChI=1S/C18H22FN5O2/c1-22-10-13(25)9-15(22)18-21-20-16-11-23(6-7-24(16)18)17(26)8-12-4-2-3-5-14(12)19/h2-5,13,15,25H,6-11H2,1H3/t13-,15+/m1/s1. The molecular formula is C18H22FN5O2. The molecule has 1 amide bonds. The molecule has 8 heteroatoms. The largest absolute Gasteiger partial charge is 0.392 e. The highest BCUT2D eigenvalue weighted by atomic mass is 19.1. The van der Waals surface area contributed by atoms with Crippen LogP contribution in [0.3, 0.4) is 0 Å². The van der Waals surface area contributed by atoms with E-state index in [-0.39, 0.29) is 30.3 Å². The van der Waals surface area contributed by atoms with Gasteiger partial charge in [0.2, 0.25) is 5.91 Å². The van der Waals surface area contributed by atoms with Crippen LogP contribution in [0.25, 0.3) is 0 Å². The molecule has 2 aliphatic rings. The normalized spacial score (nSPS) is 23.3. The van der Waals surface area contributed by atoms with Crippen molar-refractivity contribution in [2.75, 3.05) is 20.1 Å². The van der Waals surface area contributed by atoms with E-state index in [1.165, 1.54) is 6.07 Å². The van der Waals surface area contributed by atoms with Crippen LogP contribution in [-0.2, 0) is 24.3 Å². The number of carbonyl (C=O) groups excluding carboxylic acids is 1. The molecule has 4 rings (SSSR count). The van der Waals surface area contributed by atoms with Gasteiger partial charge in [-0.25, -0.2) is 4.39 Å². The van der Waals surface area contributed by atoms with Crippen molar-refractivity contribution in [3.8, 4) is 0 Å². The molecule has 1 fully saturated rings. The van der Waals surface area contributed by atoms with Crippen LogP contribution in [0.15, 0.2) is 24.3 Å². The molecule has 0 radical (unpaired) electrons. The van der Waals surface area contributed by atoms with Gasteiger partial charge < -0.3 is 14.6 Å². The molecule has 2 aliphatic heterocycles. The van der Waals surface area contributed by atoms with Crippen molar-refractivity contribution in [3.63, 3.8) is 0 Å². The molecule has 0 aliphatic carbocycles. The number of hydrogen-bond acceptors (Lipinski definition) is 5. The van der Waals surface area contributed by atoms with Gasteiger partial charge in [0.15, 0.2) is 11.6 Å². The first kappa shape index (κ1) is 17.1. The summed E-state index contributed by atoms with van der Waals surface area (Å²) >= 11 is 0. The Labute approximate surface area is 151 Å². The molecule has 1 aromatic carbocycles. The lowest BCUT2D eigenvalue weighted by molar-refractivity contribution is -0.132. The highest BCUT2D eigenvalue weighted by Gasteiger charge is 2.35. The molecule has 0 saturated carbocycles. The zero-order valence-corrected chi connectivity index (χ0v) is 14.7. The zero-order valence-electron chi connectivity index (χ0n) is 14.7. The molecule has 2 aromatic rings. The summed E-state index contributed by atoms with van der Waals surface area (Å²) < 4.78 is 15.8.